The number of carbonyl (C=O) groups excluding carboxylic acids is 18. The molecule has 1 saturated heterocycles. The number of aliphatic carboxylic acids is 2. The Labute approximate surface area is 772 Å². The number of aromatic amines is 2. The van der Waals surface area contributed by atoms with Crippen molar-refractivity contribution in [1.82, 2.24) is 105 Å². The molecule has 1 aliphatic heterocycles. The summed E-state index contributed by atoms with van der Waals surface area (Å²) in [6.07, 6.45) is -0.185. The number of imidazole rings is 1. The molecule has 5 aromatic carbocycles. The number of primary amides is 1. The zero-order valence-electron chi connectivity index (χ0n) is 74.1. The molecule has 0 spiro atoms. The molecule has 14 atom stereocenters. The number of carbonyl (C=O) groups is 20. The first kappa shape index (κ1) is 104. The average Bonchev–Trinajstić information content (AvgIpc) is 1.68. The minimum Gasteiger partial charge on any atom is -0.508 e. The highest BCUT2D eigenvalue weighted by Crippen LogP contribution is 2.21. The van der Waals surface area contributed by atoms with Gasteiger partial charge in [0.15, 0.2) is 0 Å². The first-order chi connectivity index (χ1) is 64.5. The Morgan fingerprint density at radius 2 is 0.948 bits per heavy atom. The summed E-state index contributed by atoms with van der Waals surface area (Å²) in [5.41, 5.74) is 8.54. The lowest BCUT2D eigenvalue weighted by atomic mass is 9.96. The van der Waals surface area contributed by atoms with Crippen molar-refractivity contribution in [1.29, 1.82) is 0 Å². The number of hydrogen-bond acceptors (Lipinski definition) is 23. The molecule has 0 aliphatic carbocycles. The maximum Gasteiger partial charge on any atom is 0.326 e. The molecule has 3 heterocycles. The molecule has 0 bridgehead atoms. The number of nitrogens with two attached hydrogens (primary N) is 1. The van der Waals surface area contributed by atoms with Crippen molar-refractivity contribution in [3.8, 4) is 5.75 Å². The van der Waals surface area contributed by atoms with Crippen LogP contribution in [0, 0.1) is 11.8 Å². The largest absolute Gasteiger partial charge is 0.508 e. The van der Waals surface area contributed by atoms with Gasteiger partial charge in [0, 0.05) is 68.0 Å². The summed E-state index contributed by atoms with van der Waals surface area (Å²) in [5, 5.41) is 81.6. The third-order valence-corrected chi connectivity index (χ3v) is 21.8. The van der Waals surface area contributed by atoms with Crippen molar-refractivity contribution in [2.45, 2.75) is 171 Å². The highest BCUT2D eigenvalue weighted by atomic mass is 16.4. The monoisotopic (exact) mass is 1870 g/mol. The normalized spacial score (nSPS) is 18.1. The molecule has 1 aliphatic rings. The fourth-order valence-electron chi connectivity index (χ4n) is 14.1. The number of H-pyrrole nitrogens is 2. The van der Waals surface area contributed by atoms with Gasteiger partial charge in [0.05, 0.1) is 58.6 Å². The van der Waals surface area contributed by atoms with E-state index in [-0.39, 0.29) is 49.2 Å². The molecule has 8 rings (SSSR count). The van der Waals surface area contributed by atoms with Gasteiger partial charge in [-0.3, -0.25) is 91.1 Å². The van der Waals surface area contributed by atoms with Gasteiger partial charge in [-0.25, -0.2) is 9.78 Å². The molecular formula is C90H111N21O24. The number of para-hydroxylation sites is 1. The van der Waals surface area contributed by atoms with Crippen molar-refractivity contribution >= 4 is 129 Å². The molecule has 1 fully saturated rings. The first-order valence-electron chi connectivity index (χ1n) is 43.2. The molecule has 18 amide bonds. The molecular weight excluding hydrogens is 1760 g/mol. The highest BCUT2D eigenvalue weighted by Gasteiger charge is 2.39. The van der Waals surface area contributed by atoms with Gasteiger partial charge in [-0.1, -0.05) is 162 Å². The number of carboxylic acids is 2. The van der Waals surface area contributed by atoms with Crippen molar-refractivity contribution in [3.05, 3.63) is 192 Å². The SMILES string of the molecule is CCC(C)C1NC(=O)C(Cc2ccccc2)NC(=O)CNC(=O)CC(C(=O)NC(C(=O)NC(Cc2ccccc2)C(=O)NCC(=O)NC(Cc2ncc[nH]2)C(=O)NC(Cc2ccc(O)cc2)C(=O)NC(CO)C(=O)NCC(=O)NC(CC(=O)O)C(=O)NC(Cc2ccccc2)C(=O)O)C(C)CC)NC(=O)C(CC(N)=O)NC(=O)CNC(=O)C(Cc2c[nH]c3ccccc23)NC(=O)CNC1=O. The molecule has 14 unspecified atom stereocenters. The second-order valence-corrected chi connectivity index (χ2v) is 32.0. The van der Waals surface area contributed by atoms with Gasteiger partial charge >= 0.3 is 11.9 Å². The second-order valence-electron chi connectivity index (χ2n) is 32.0. The van der Waals surface area contributed by atoms with Crippen LogP contribution in [0.15, 0.2) is 158 Å². The maximum absolute atomic E-state index is 15.1. The smallest absolute Gasteiger partial charge is 0.326 e. The zero-order chi connectivity index (χ0) is 98.4. The topological polar surface area (TPSA) is 697 Å². The van der Waals surface area contributed by atoms with E-state index in [1.165, 1.54) is 43.6 Å². The van der Waals surface area contributed by atoms with E-state index < -0.39 is 274 Å². The molecule has 0 radical (unpaired) electrons. The van der Waals surface area contributed by atoms with Gasteiger partial charge in [0.1, 0.15) is 84.1 Å². The summed E-state index contributed by atoms with van der Waals surface area (Å²) < 4.78 is 0. The number of phenolic OH excluding ortho intramolecular Hbond substituents is 1. The number of benzene rings is 5. The Balaban J connectivity index is 1.000. The van der Waals surface area contributed by atoms with E-state index in [4.69, 9.17) is 5.73 Å². The third-order valence-electron chi connectivity index (χ3n) is 21.8. The van der Waals surface area contributed by atoms with Crippen LogP contribution in [0.25, 0.3) is 10.9 Å². The predicted molar refractivity (Wildman–Crippen MR) is 479 cm³/mol. The summed E-state index contributed by atoms with van der Waals surface area (Å²) in [5.74, 6) is -24.4. The summed E-state index contributed by atoms with van der Waals surface area (Å²) in [6.45, 7) is 0.825. The molecule has 2 aromatic heterocycles. The fraction of sp³-hybridized carbons (Fsp3) is 0.389. The number of nitrogens with one attached hydrogen (secondary N) is 19. The Hall–Kier alpha value is -16.0. The van der Waals surface area contributed by atoms with Gasteiger partial charge < -0.3 is 127 Å². The van der Waals surface area contributed by atoms with Crippen molar-refractivity contribution < 1.29 is 116 Å². The molecule has 45 nitrogen and oxygen atoms in total. The number of aromatic nitrogens is 3. The van der Waals surface area contributed by atoms with Gasteiger partial charge in [0.25, 0.3) is 0 Å². The van der Waals surface area contributed by atoms with Gasteiger partial charge in [-0.15, -0.1) is 0 Å². The number of fused-ring (bicyclic) bond motifs is 1. The van der Waals surface area contributed by atoms with E-state index in [9.17, 15) is 107 Å². The number of phenols is 1. The number of rotatable bonds is 40. The Morgan fingerprint density at radius 1 is 0.467 bits per heavy atom. The number of aromatic hydroxyl groups is 1. The standard InChI is InChI=1S/C90H111N21O24/c1-5-48(3)77-88(132)99-46-75(120)101-61(36-54-41-94-57-25-17-16-24-56(54)57)80(124)97-43-72(117)102-62(37-68(91)114)83(127)106-64(39-70(115)95-42-71(116)100-59(86(130)110-77)33-51-20-12-8-13-21-51)87(131)111-78(49(4)6-2)89(133)107-58(32-50-18-10-7-11-19-50)79(123)96-44-73(118)103-63(38-69-92-30-31-93-69)84(128)105-60(34-53-26-28-55(113)29-27-53)82(126)109-67(47-112)81(125)98-45-74(119)104-65(40-76(121)122)85(129)108-66(90(134)135)35-52-22-14-9-15-23-52/h7-31,41,48-49,58-67,77-78,94,112-113H,5-6,32-40,42-47H2,1-4H3,(H2,91,114)(H,92,93)(H,95,115)(H,96,123)(H,97,124)(H,98,125)(H,99,132)(H,100,116)(H,101,120)(H,102,117)(H,103,118)(H,104,119)(H,105,128)(H,106,127)(H,107,133)(H,108,129)(H,109,126)(H,110,130)(H,111,131)(H,121,122)(H,134,135). The van der Waals surface area contributed by atoms with Crippen LogP contribution in [-0.4, -0.2) is 265 Å². The lowest BCUT2D eigenvalue weighted by Gasteiger charge is -2.29. The molecule has 45 heteroatoms. The molecule has 7 aromatic rings. The van der Waals surface area contributed by atoms with E-state index >= 15 is 9.59 Å². The van der Waals surface area contributed by atoms with Crippen LogP contribution in [-0.2, 0) is 134 Å². The van der Waals surface area contributed by atoms with Crippen molar-refractivity contribution in [2.24, 2.45) is 17.6 Å². The molecule has 720 valence electrons. The minimum atomic E-state index is -2.11. The number of aliphatic hydroxyl groups excluding tert-OH is 1. The predicted octanol–water partition coefficient (Wildman–Crippen LogP) is -5.33. The molecule has 135 heavy (non-hydrogen) atoms. The summed E-state index contributed by atoms with van der Waals surface area (Å²) in [7, 11) is 0. The van der Waals surface area contributed by atoms with Crippen LogP contribution in [0.2, 0.25) is 0 Å². The van der Waals surface area contributed by atoms with Gasteiger partial charge in [0.2, 0.25) is 106 Å². The number of nitrogens with zero attached hydrogens (tertiary/aromatic N) is 1. The van der Waals surface area contributed by atoms with Crippen LogP contribution >= 0.6 is 0 Å². The van der Waals surface area contributed by atoms with E-state index in [0.717, 1.165) is 0 Å². The molecule has 0 saturated carbocycles. The van der Waals surface area contributed by atoms with Crippen LogP contribution in [0.4, 0.5) is 0 Å². The lowest BCUT2D eigenvalue weighted by Crippen LogP contribution is -2.61. The number of amides is 18. The zero-order valence-corrected chi connectivity index (χ0v) is 74.1. The van der Waals surface area contributed by atoms with Crippen molar-refractivity contribution in [3.63, 3.8) is 0 Å². The molecule has 25 N–H and O–H groups in total. The highest BCUT2D eigenvalue weighted by molar-refractivity contribution is 6.02. The number of aliphatic hydroxyl groups is 1. The van der Waals surface area contributed by atoms with E-state index in [1.54, 1.807) is 142 Å². The van der Waals surface area contributed by atoms with Crippen LogP contribution in [0.1, 0.15) is 93.4 Å². The lowest BCUT2D eigenvalue weighted by molar-refractivity contribution is -0.143. The van der Waals surface area contributed by atoms with Gasteiger partial charge in [-0.05, 0) is 57.9 Å². The fourth-order valence-corrected chi connectivity index (χ4v) is 14.1. The van der Waals surface area contributed by atoms with E-state index in [2.05, 4.69) is 105 Å². The number of hydrogen-bond donors (Lipinski definition) is 24. The minimum absolute atomic E-state index is 0.0907. The van der Waals surface area contributed by atoms with Crippen LogP contribution in [0.5, 0.6) is 5.75 Å². The maximum atomic E-state index is 15.1. The van der Waals surface area contributed by atoms with Gasteiger partial charge in [-0.2, -0.15) is 0 Å². The Morgan fingerprint density at radius 3 is 1.50 bits per heavy atom. The van der Waals surface area contributed by atoms with Crippen LogP contribution in [0.3, 0.4) is 0 Å². The summed E-state index contributed by atoms with van der Waals surface area (Å²) in [6, 6.07) is 16.3. The summed E-state index contributed by atoms with van der Waals surface area (Å²) >= 11 is 0. The first-order valence-corrected chi connectivity index (χ1v) is 43.2. The Bertz CT molecular complexity index is 5360. The summed E-state index contributed by atoms with van der Waals surface area (Å²) in [4.78, 5) is 288. The third kappa shape index (κ3) is 34.0. The average molecular weight is 1870 g/mol. The number of carboxylic acid groups (broad SMARTS) is 2. The quantitative estimate of drug-likeness (QED) is 0.0171. The second kappa shape index (κ2) is 52.2. The van der Waals surface area contributed by atoms with Crippen LogP contribution < -0.4 is 96.1 Å². The van der Waals surface area contributed by atoms with E-state index in [0.29, 0.717) is 39.6 Å². The van der Waals surface area contributed by atoms with E-state index in [1.807, 2.05) is 0 Å². The Kier molecular flexibility index (Phi) is 40.3. The van der Waals surface area contributed by atoms with Crippen molar-refractivity contribution in [2.75, 3.05) is 39.3 Å².